The topological polar surface area (TPSA) is 58.9 Å². The maximum absolute atomic E-state index is 9.45. The Hall–Kier alpha value is -1.10. The van der Waals surface area contributed by atoms with E-state index in [0.717, 1.165) is 11.3 Å². The van der Waals surface area contributed by atoms with Gasteiger partial charge in [-0.25, -0.2) is 0 Å². The molecule has 0 saturated carbocycles. The summed E-state index contributed by atoms with van der Waals surface area (Å²) in [5, 5.41) is 18.7. The van der Waals surface area contributed by atoms with E-state index < -0.39 is 6.29 Å². The van der Waals surface area contributed by atoms with Crippen molar-refractivity contribution in [2.24, 2.45) is 5.92 Å². The van der Waals surface area contributed by atoms with E-state index >= 15 is 0 Å². The van der Waals surface area contributed by atoms with Crippen molar-refractivity contribution >= 4 is 0 Å². The zero-order valence-electron chi connectivity index (χ0n) is 9.17. The van der Waals surface area contributed by atoms with Crippen LogP contribution >= 0.6 is 0 Å². The first-order valence-electron chi connectivity index (χ1n) is 5.33. The lowest BCUT2D eigenvalue weighted by Gasteiger charge is -2.18. The van der Waals surface area contributed by atoms with Crippen molar-refractivity contribution in [3.63, 3.8) is 0 Å². The molecule has 0 aliphatic carbocycles. The zero-order valence-corrected chi connectivity index (χ0v) is 9.17. The van der Waals surface area contributed by atoms with E-state index in [1.165, 1.54) is 0 Å². The molecule has 1 aromatic carbocycles. The van der Waals surface area contributed by atoms with Gasteiger partial charge in [-0.15, -0.1) is 0 Å². The van der Waals surface area contributed by atoms with Gasteiger partial charge in [0.1, 0.15) is 5.75 Å². The number of hydrogen-bond acceptors (Lipinski definition) is 4. The van der Waals surface area contributed by atoms with Crippen molar-refractivity contribution < 1.29 is 19.7 Å². The van der Waals surface area contributed by atoms with Crippen LogP contribution in [-0.2, 0) is 4.74 Å². The quantitative estimate of drug-likeness (QED) is 0.806. The van der Waals surface area contributed by atoms with Crippen molar-refractivity contribution in [3.05, 3.63) is 29.8 Å². The van der Waals surface area contributed by atoms with Gasteiger partial charge in [-0.3, -0.25) is 0 Å². The van der Waals surface area contributed by atoms with Crippen molar-refractivity contribution in [1.29, 1.82) is 0 Å². The number of benzene rings is 1. The van der Waals surface area contributed by atoms with E-state index in [9.17, 15) is 10.2 Å². The lowest BCUT2D eigenvalue weighted by atomic mass is 9.95. The molecule has 4 nitrogen and oxygen atoms in total. The molecule has 16 heavy (non-hydrogen) atoms. The largest absolute Gasteiger partial charge is 0.496 e. The summed E-state index contributed by atoms with van der Waals surface area (Å²) in [5.74, 6) is 0.645. The summed E-state index contributed by atoms with van der Waals surface area (Å²) in [7, 11) is 1.60. The molecule has 1 aliphatic heterocycles. The summed E-state index contributed by atoms with van der Waals surface area (Å²) in [6.07, 6.45) is -0.637. The third kappa shape index (κ3) is 2.04. The van der Waals surface area contributed by atoms with Gasteiger partial charge in [0.2, 0.25) is 0 Å². The van der Waals surface area contributed by atoms with Crippen LogP contribution in [0.5, 0.6) is 5.75 Å². The second kappa shape index (κ2) is 4.82. The van der Waals surface area contributed by atoms with Crippen LogP contribution in [0.3, 0.4) is 0 Å². The molecule has 1 aromatic rings. The fraction of sp³-hybridized carbons (Fsp3) is 0.500. The number of rotatable bonds is 3. The van der Waals surface area contributed by atoms with Gasteiger partial charge in [-0.05, 0) is 6.07 Å². The van der Waals surface area contributed by atoms with Crippen LogP contribution in [0.15, 0.2) is 24.3 Å². The second-order valence-corrected chi connectivity index (χ2v) is 3.93. The van der Waals surface area contributed by atoms with Crippen LogP contribution in [0.25, 0.3) is 0 Å². The molecule has 1 saturated heterocycles. The van der Waals surface area contributed by atoms with Crippen LogP contribution in [0, 0.1) is 5.92 Å². The van der Waals surface area contributed by atoms with E-state index in [0.29, 0.717) is 6.42 Å². The van der Waals surface area contributed by atoms with Crippen LogP contribution in [-0.4, -0.2) is 30.2 Å². The summed E-state index contributed by atoms with van der Waals surface area (Å²) >= 11 is 0. The predicted molar refractivity (Wildman–Crippen MR) is 58.0 cm³/mol. The van der Waals surface area contributed by atoms with Gasteiger partial charge in [0.15, 0.2) is 6.29 Å². The van der Waals surface area contributed by atoms with Gasteiger partial charge in [-0.2, -0.15) is 0 Å². The first-order chi connectivity index (χ1) is 7.76. The molecule has 0 spiro atoms. The maximum atomic E-state index is 9.45. The molecule has 88 valence electrons. The Morgan fingerprint density at radius 2 is 2.19 bits per heavy atom. The molecule has 1 fully saturated rings. The summed E-state index contributed by atoms with van der Waals surface area (Å²) in [5.41, 5.74) is 0.876. The van der Waals surface area contributed by atoms with Crippen molar-refractivity contribution in [2.45, 2.75) is 18.8 Å². The highest BCUT2D eigenvalue weighted by atomic mass is 16.6. The molecule has 1 unspecified atom stereocenters. The lowest BCUT2D eigenvalue weighted by Crippen LogP contribution is -2.12. The Bertz CT molecular complexity index is 353. The number of aliphatic hydroxyl groups excluding tert-OH is 2. The third-order valence-corrected chi connectivity index (χ3v) is 2.92. The second-order valence-electron chi connectivity index (χ2n) is 3.93. The standard InChI is InChI=1S/C12H16O4/c1-15-10-5-3-2-4-9(10)12-8(7-13)6-11(14)16-12/h2-5,8,11-14H,6-7H2,1H3/t8-,11?,12+/m1/s1. The number of hydrogen-bond donors (Lipinski definition) is 2. The molecule has 1 aliphatic rings. The zero-order chi connectivity index (χ0) is 11.5. The van der Waals surface area contributed by atoms with E-state index in [1.54, 1.807) is 7.11 Å². The molecular formula is C12H16O4. The highest BCUT2D eigenvalue weighted by Gasteiger charge is 2.36. The molecule has 2 rings (SSSR count). The molecule has 1 heterocycles. The van der Waals surface area contributed by atoms with Gasteiger partial charge in [-0.1, -0.05) is 18.2 Å². The smallest absolute Gasteiger partial charge is 0.155 e. The molecular weight excluding hydrogens is 208 g/mol. The summed E-state index contributed by atoms with van der Waals surface area (Å²) in [4.78, 5) is 0. The average Bonchev–Trinajstić information content (AvgIpc) is 2.70. The van der Waals surface area contributed by atoms with Gasteiger partial charge >= 0.3 is 0 Å². The van der Waals surface area contributed by atoms with Crippen molar-refractivity contribution in [1.82, 2.24) is 0 Å². The van der Waals surface area contributed by atoms with E-state index in [-0.39, 0.29) is 18.6 Å². The van der Waals surface area contributed by atoms with Crippen molar-refractivity contribution in [2.75, 3.05) is 13.7 Å². The summed E-state index contributed by atoms with van der Waals surface area (Å²) < 4.78 is 10.7. The minimum Gasteiger partial charge on any atom is -0.496 e. The number of ether oxygens (including phenoxy) is 2. The Morgan fingerprint density at radius 3 is 2.88 bits per heavy atom. The normalized spacial score (nSPS) is 29.3. The van der Waals surface area contributed by atoms with Gasteiger partial charge in [0.25, 0.3) is 0 Å². The average molecular weight is 224 g/mol. The highest BCUT2D eigenvalue weighted by Crippen LogP contribution is 2.40. The molecule has 0 radical (unpaired) electrons. The minimum atomic E-state index is -0.799. The Labute approximate surface area is 94.4 Å². The van der Waals surface area contributed by atoms with Gasteiger partial charge in [0.05, 0.1) is 13.2 Å². The number of methoxy groups -OCH3 is 1. The Kier molecular flexibility index (Phi) is 3.43. The first-order valence-corrected chi connectivity index (χ1v) is 5.33. The molecule has 0 amide bonds. The third-order valence-electron chi connectivity index (χ3n) is 2.92. The summed E-state index contributed by atoms with van der Waals surface area (Å²) in [6.45, 7) is -0.000223. The van der Waals surface area contributed by atoms with Crippen LogP contribution < -0.4 is 4.74 Å². The number of para-hydroxylation sites is 1. The minimum absolute atomic E-state index is 0.000223. The van der Waals surface area contributed by atoms with Crippen LogP contribution in [0.2, 0.25) is 0 Å². The molecule has 2 N–H and O–H groups in total. The molecule has 3 atom stereocenters. The van der Waals surface area contributed by atoms with E-state index in [4.69, 9.17) is 9.47 Å². The molecule has 4 heteroatoms. The SMILES string of the molecule is COc1ccccc1[C@H]1OC(O)C[C@@H]1CO. The van der Waals surface area contributed by atoms with E-state index in [1.807, 2.05) is 24.3 Å². The Balaban J connectivity index is 2.28. The Morgan fingerprint density at radius 1 is 1.44 bits per heavy atom. The highest BCUT2D eigenvalue weighted by molar-refractivity contribution is 5.35. The fourth-order valence-electron chi connectivity index (χ4n) is 2.12. The first kappa shape index (κ1) is 11.4. The van der Waals surface area contributed by atoms with Crippen molar-refractivity contribution in [3.8, 4) is 5.75 Å². The van der Waals surface area contributed by atoms with Gasteiger partial charge < -0.3 is 19.7 Å². The van der Waals surface area contributed by atoms with Gasteiger partial charge in [0, 0.05) is 24.5 Å². The number of aliphatic hydroxyl groups is 2. The fourth-order valence-corrected chi connectivity index (χ4v) is 2.12. The van der Waals surface area contributed by atoms with E-state index in [2.05, 4.69) is 0 Å². The summed E-state index contributed by atoms with van der Waals surface area (Å²) in [6, 6.07) is 7.50. The maximum Gasteiger partial charge on any atom is 0.155 e. The molecule has 0 bridgehead atoms. The predicted octanol–water partition coefficient (Wildman–Crippen LogP) is 1.08. The lowest BCUT2D eigenvalue weighted by molar-refractivity contribution is -0.0946. The monoisotopic (exact) mass is 224 g/mol. The molecule has 0 aromatic heterocycles. The van der Waals surface area contributed by atoms with Crippen LogP contribution in [0.4, 0.5) is 0 Å². The van der Waals surface area contributed by atoms with Crippen LogP contribution in [0.1, 0.15) is 18.1 Å².